The van der Waals surface area contributed by atoms with Gasteiger partial charge in [-0.2, -0.15) is 0 Å². The number of ether oxygens (including phenoxy) is 3. The largest absolute Gasteiger partial charge is 0.497 e. The first kappa shape index (κ1) is 21.0. The molecular weight excluding hydrogens is 394 g/mol. The fraction of sp³-hybridized carbons (Fsp3) is 0.471. The summed E-state index contributed by atoms with van der Waals surface area (Å²) in [6.07, 6.45) is 0.677. The van der Waals surface area contributed by atoms with Crippen molar-refractivity contribution in [2.45, 2.75) is 26.3 Å². The molecule has 0 fully saturated rings. The zero-order valence-corrected chi connectivity index (χ0v) is 16.2. The van der Waals surface area contributed by atoms with Crippen molar-refractivity contribution in [3.63, 3.8) is 0 Å². The van der Waals surface area contributed by atoms with Gasteiger partial charge in [0.25, 0.3) is 5.91 Å². The van der Waals surface area contributed by atoms with Crippen molar-refractivity contribution in [2.75, 3.05) is 20.8 Å². The highest BCUT2D eigenvalue weighted by molar-refractivity contribution is 9.10. The Labute approximate surface area is 155 Å². The summed E-state index contributed by atoms with van der Waals surface area (Å²) in [7, 11) is 2.73. The van der Waals surface area contributed by atoms with E-state index in [1.54, 1.807) is 12.1 Å². The third-order valence-electron chi connectivity index (χ3n) is 3.71. The molecule has 0 saturated carbocycles. The van der Waals surface area contributed by atoms with Gasteiger partial charge in [-0.15, -0.1) is 0 Å². The number of amides is 1. The maximum atomic E-state index is 12.1. The Morgan fingerprint density at radius 2 is 1.92 bits per heavy atom. The molecule has 0 bridgehead atoms. The van der Waals surface area contributed by atoms with Gasteiger partial charge in [-0.3, -0.25) is 4.79 Å². The van der Waals surface area contributed by atoms with Gasteiger partial charge in [0.1, 0.15) is 11.8 Å². The van der Waals surface area contributed by atoms with Gasteiger partial charge in [-0.25, -0.2) is 9.59 Å². The Hall–Kier alpha value is -2.09. The van der Waals surface area contributed by atoms with Gasteiger partial charge in [0, 0.05) is 4.47 Å². The van der Waals surface area contributed by atoms with Crippen LogP contribution in [0, 0.1) is 5.92 Å². The number of methoxy groups -OCH3 is 2. The van der Waals surface area contributed by atoms with Crippen molar-refractivity contribution in [3.8, 4) is 5.75 Å². The summed E-state index contributed by atoms with van der Waals surface area (Å²) in [6.45, 7) is 3.21. The van der Waals surface area contributed by atoms with Crippen LogP contribution in [0.25, 0.3) is 0 Å². The highest BCUT2D eigenvalue weighted by Gasteiger charge is 2.27. The molecule has 1 amide bonds. The molecule has 0 heterocycles. The van der Waals surface area contributed by atoms with E-state index in [0.717, 1.165) is 0 Å². The van der Waals surface area contributed by atoms with Crippen molar-refractivity contribution in [2.24, 2.45) is 5.92 Å². The maximum absolute atomic E-state index is 12.1. The molecule has 1 N–H and O–H groups in total. The summed E-state index contributed by atoms with van der Waals surface area (Å²) in [4.78, 5) is 35.9. The molecule has 0 aliphatic carbocycles. The Kier molecular flexibility index (Phi) is 8.40. The topological polar surface area (TPSA) is 90.9 Å². The third kappa shape index (κ3) is 6.04. The number of halogens is 1. The monoisotopic (exact) mass is 415 g/mol. The number of hydrogen-bond donors (Lipinski definition) is 1. The van der Waals surface area contributed by atoms with Crippen molar-refractivity contribution in [3.05, 3.63) is 28.2 Å². The van der Waals surface area contributed by atoms with Crippen LogP contribution in [0.3, 0.4) is 0 Å². The molecule has 0 aliphatic rings. The Morgan fingerprint density at radius 3 is 2.48 bits per heavy atom. The Morgan fingerprint density at radius 1 is 1.24 bits per heavy atom. The number of nitrogens with one attached hydrogen (secondary N) is 1. The highest BCUT2D eigenvalue weighted by Crippen LogP contribution is 2.23. The standard InChI is InChI=1S/C17H22BrNO6/c1-5-10(2)15(17(22)24-4)19-14(20)9-25-16(21)12-8-11(23-3)6-7-13(12)18/h6-8,10,15H,5,9H2,1-4H3,(H,19,20)/t10-,15-/m1/s1. The van der Waals surface area contributed by atoms with Gasteiger partial charge >= 0.3 is 11.9 Å². The van der Waals surface area contributed by atoms with Crippen LogP contribution < -0.4 is 10.1 Å². The molecule has 138 valence electrons. The molecule has 0 radical (unpaired) electrons. The molecule has 0 aliphatic heterocycles. The molecule has 7 nitrogen and oxygen atoms in total. The molecule has 8 heteroatoms. The van der Waals surface area contributed by atoms with Gasteiger partial charge in [0.2, 0.25) is 0 Å². The van der Waals surface area contributed by atoms with Gasteiger partial charge in [-0.1, -0.05) is 20.3 Å². The molecule has 1 rings (SSSR count). The van der Waals surface area contributed by atoms with Crippen molar-refractivity contribution >= 4 is 33.8 Å². The van der Waals surface area contributed by atoms with Crippen LogP contribution in [0.15, 0.2) is 22.7 Å². The van der Waals surface area contributed by atoms with E-state index in [2.05, 4.69) is 21.2 Å². The van der Waals surface area contributed by atoms with E-state index in [0.29, 0.717) is 16.6 Å². The second kappa shape index (κ2) is 10.0. The van der Waals surface area contributed by atoms with Gasteiger partial charge in [0.05, 0.1) is 19.8 Å². The molecule has 2 atom stereocenters. The fourth-order valence-corrected chi connectivity index (χ4v) is 2.42. The van der Waals surface area contributed by atoms with E-state index in [1.165, 1.54) is 20.3 Å². The lowest BCUT2D eigenvalue weighted by atomic mass is 9.99. The van der Waals surface area contributed by atoms with Crippen molar-refractivity contribution in [1.29, 1.82) is 0 Å². The summed E-state index contributed by atoms with van der Waals surface area (Å²) in [5.41, 5.74) is 0.235. The smallest absolute Gasteiger partial charge is 0.339 e. The van der Waals surface area contributed by atoms with Crippen LogP contribution in [0.2, 0.25) is 0 Å². The first-order valence-corrected chi connectivity index (χ1v) is 8.51. The van der Waals surface area contributed by atoms with E-state index in [1.807, 2.05) is 13.8 Å². The Bertz CT molecular complexity index is 634. The summed E-state index contributed by atoms with van der Waals surface area (Å²) < 4.78 is 15.3. The number of carbonyl (C=O) groups excluding carboxylic acids is 3. The molecule has 25 heavy (non-hydrogen) atoms. The third-order valence-corrected chi connectivity index (χ3v) is 4.40. The van der Waals surface area contributed by atoms with Crippen LogP contribution in [0.5, 0.6) is 5.75 Å². The molecular formula is C17H22BrNO6. The van der Waals surface area contributed by atoms with E-state index < -0.39 is 30.5 Å². The van der Waals surface area contributed by atoms with E-state index in [-0.39, 0.29) is 11.5 Å². The lowest BCUT2D eigenvalue weighted by molar-refractivity contribution is -0.147. The molecule has 1 aromatic rings. The maximum Gasteiger partial charge on any atom is 0.339 e. The average Bonchev–Trinajstić information content (AvgIpc) is 2.63. The first-order chi connectivity index (χ1) is 11.8. The molecule has 0 saturated heterocycles. The molecule has 0 unspecified atom stereocenters. The fourth-order valence-electron chi connectivity index (χ4n) is 2.01. The lowest BCUT2D eigenvalue weighted by Crippen LogP contribution is -2.47. The van der Waals surface area contributed by atoms with Gasteiger partial charge < -0.3 is 19.5 Å². The summed E-state index contributed by atoms with van der Waals surface area (Å²) >= 11 is 3.25. The quantitative estimate of drug-likeness (QED) is 0.655. The van der Waals surface area contributed by atoms with E-state index in [4.69, 9.17) is 14.2 Å². The van der Waals surface area contributed by atoms with Gasteiger partial charge in [0.15, 0.2) is 6.61 Å². The lowest BCUT2D eigenvalue weighted by Gasteiger charge is -2.21. The van der Waals surface area contributed by atoms with Crippen molar-refractivity contribution < 1.29 is 28.6 Å². The number of hydrogen-bond acceptors (Lipinski definition) is 6. The number of benzene rings is 1. The van der Waals surface area contributed by atoms with Crippen molar-refractivity contribution in [1.82, 2.24) is 5.32 Å². The van der Waals surface area contributed by atoms with Crippen LogP contribution in [0.1, 0.15) is 30.6 Å². The van der Waals surface area contributed by atoms with Crippen LogP contribution >= 0.6 is 15.9 Å². The number of esters is 2. The van der Waals surface area contributed by atoms with E-state index in [9.17, 15) is 14.4 Å². The SMILES string of the molecule is CC[C@@H](C)[C@@H](NC(=O)COC(=O)c1cc(OC)ccc1Br)C(=O)OC. The van der Waals surface area contributed by atoms with E-state index >= 15 is 0 Å². The second-order valence-corrected chi connectivity index (χ2v) is 6.23. The van der Waals surface area contributed by atoms with Crippen LogP contribution in [-0.2, 0) is 19.1 Å². The average molecular weight is 416 g/mol. The predicted molar refractivity (Wildman–Crippen MR) is 94.4 cm³/mol. The first-order valence-electron chi connectivity index (χ1n) is 7.71. The minimum Gasteiger partial charge on any atom is -0.497 e. The molecule has 0 spiro atoms. The molecule has 1 aromatic carbocycles. The number of carbonyl (C=O) groups is 3. The van der Waals surface area contributed by atoms with Gasteiger partial charge in [-0.05, 0) is 40.0 Å². The second-order valence-electron chi connectivity index (χ2n) is 5.38. The minimum absolute atomic E-state index is 0.111. The summed E-state index contributed by atoms with van der Waals surface area (Å²) in [5, 5.41) is 2.54. The highest BCUT2D eigenvalue weighted by atomic mass is 79.9. The zero-order valence-electron chi connectivity index (χ0n) is 14.6. The predicted octanol–water partition coefficient (Wildman–Crippen LogP) is 2.32. The minimum atomic E-state index is -0.787. The van der Waals surface area contributed by atoms with Crippen LogP contribution in [-0.4, -0.2) is 44.7 Å². The normalized spacial score (nSPS) is 12.7. The number of rotatable bonds is 8. The Balaban J connectivity index is 2.69. The molecule has 0 aromatic heterocycles. The summed E-state index contributed by atoms with van der Waals surface area (Å²) in [6, 6.07) is 4.04. The van der Waals surface area contributed by atoms with Crippen LogP contribution in [0.4, 0.5) is 0 Å². The zero-order chi connectivity index (χ0) is 19.0. The summed E-state index contributed by atoms with van der Waals surface area (Å²) in [5.74, 6) is -1.42.